The summed E-state index contributed by atoms with van der Waals surface area (Å²) in [6.45, 7) is 2.13. The second-order valence-corrected chi connectivity index (χ2v) is 4.96. The largest absolute Gasteiger partial charge is 0.314 e. The average molecular weight is 220 g/mol. The summed E-state index contributed by atoms with van der Waals surface area (Å²) < 4.78 is 13.3. The Morgan fingerprint density at radius 2 is 2.12 bits per heavy atom. The molecule has 1 aromatic rings. The first kappa shape index (κ1) is 10.2. The molecule has 1 heterocycles. The van der Waals surface area contributed by atoms with Crippen LogP contribution in [0.4, 0.5) is 4.39 Å². The van der Waals surface area contributed by atoms with Crippen molar-refractivity contribution < 1.29 is 4.39 Å². The molecule has 0 amide bonds. The minimum absolute atomic E-state index is 0.120. The maximum atomic E-state index is 13.3. The Morgan fingerprint density at radius 1 is 1.38 bits per heavy atom. The molecule has 1 aliphatic carbocycles. The van der Waals surface area contributed by atoms with E-state index in [1.165, 1.54) is 6.07 Å². The minimum Gasteiger partial charge on any atom is -0.314 e. The van der Waals surface area contributed by atoms with Gasteiger partial charge in [-0.15, -0.1) is 0 Å². The SMILES string of the molecule is CN(C1CNC1)C1(c2cccc(F)c2)CC1. The predicted octanol–water partition coefficient (Wildman–Crippen LogP) is 1.72. The van der Waals surface area contributed by atoms with Crippen LogP contribution in [0.3, 0.4) is 0 Å². The lowest BCUT2D eigenvalue weighted by atomic mass is 9.99. The third-order valence-electron chi connectivity index (χ3n) is 4.07. The molecule has 3 rings (SSSR count). The van der Waals surface area contributed by atoms with Crippen molar-refractivity contribution in [2.24, 2.45) is 0 Å². The highest BCUT2D eigenvalue weighted by Gasteiger charge is 2.50. The van der Waals surface area contributed by atoms with E-state index in [2.05, 4.69) is 23.3 Å². The Labute approximate surface area is 95.4 Å². The summed E-state index contributed by atoms with van der Waals surface area (Å²) in [4.78, 5) is 2.43. The van der Waals surface area contributed by atoms with Crippen LogP contribution >= 0.6 is 0 Å². The molecule has 0 bridgehead atoms. The van der Waals surface area contributed by atoms with Gasteiger partial charge in [-0.05, 0) is 37.6 Å². The third-order valence-corrected chi connectivity index (χ3v) is 4.07. The fraction of sp³-hybridized carbons (Fsp3) is 0.538. The number of hydrogen-bond acceptors (Lipinski definition) is 2. The number of hydrogen-bond donors (Lipinski definition) is 1. The van der Waals surface area contributed by atoms with E-state index in [0.717, 1.165) is 31.5 Å². The van der Waals surface area contributed by atoms with Crippen LogP contribution in [0.2, 0.25) is 0 Å². The molecule has 0 unspecified atom stereocenters. The van der Waals surface area contributed by atoms with Crippen molar-refractivity contribution in [3.63, 3.8) is 0 Å². The monoisotopic (exact) mass is 220 g/mol. The Kier molecular flexibility index (Phi) is 2.26. The van der Waals surface area contributed by atoms with Crippen LogP contribution in [0, 0.1) is 5.82 Å². The van der Waals surface area contributed by atoms with E-state index in [-0.39, 0.29) is 11.4 Å². The van der Waals surface area contributed by atoms with E-state index in [4.69, 9.17) is 0 Å². The fourth-order valence-corrected chi connectivity index (χ4v) is 2.64. The summed E-state index contributed by atoms with van der Waals surface area (Å²) in [6, 6.07) is 7.70. The normalized spacial score (nSPS) is 23.2. The quantitative estimate of drug-likeness (QED) is 0.834. The lowest BCUT2D eigenvalue weighted by Gasteiger charge is -2.41. The fourth-order valence-electron chi connectivity index (χ4n) is 2.64. The molecule has 1 N–H and O–H groups in total. The first-order chi connectivity index (χ1) is 7.72. The topological polar surface area (TPSA) is 15.3 Å². The summed E-state index contributed by atoms with van der Waals surface area (Å²) in [5.74, 6) is -0.121. The molecule has 1 aromatic carbocycles. The highest BCUT2D eigenvalue weighted by atomic mass is 19.1. The Bertz CT molecular complexity index is 397. The number of benzene rings is 1. The molecular formula is C13H17FN2. The van der Waals surface area contributed by atoms with Crippen LogP contribution in [-0.2, 0) is 5.54 Å². The second kappa shape index (κ2) is 3.54. The zero-order chi connectivity index (χ0) is 11.2. The number of nitrogens with one attached hydrogen (secondary N) is 1. The molecular weight excluding hydrogens is 203 g/mol. The summed E-state index contributed by atoms with van der Waals surface area (Å²) in [5.41, 5.74) is 1.26. The summed E-state index contributed by atoms with van der Waals surface area (Å²) in [5, 5.41) is 3.29. The van der Waals surface area contributed by atoms with Crippen molar-refractivity contribution in [1.82, 2.24) is 10.2 Å². The zero-order valence-corrected chi connectivity index (χ0v) is 9.54. The van der Waals surface area contributed by atoms with Gasteiger partial charge in [0.1, 0.15) is 5.82 Å². The molecule has 0 atom stereocenters. The highest BCUT2D eigenvalue weighted by Crippen LogP contribution is 2.51. The molecule has 0 radical (unpaired) electrons. The lowest BCUT2D eigenvalue weighted by Crippen LogP contribution is -2.58. The first-order valence-corrected chi connectivity index (χ1v) is 5.92. The van der Waals surface area contributed by atoms with E-state index in [0.29, 0.717) is 6.04 Å². The van der Waals surface area contributed by atoms with Gasteiger partial charge in [0.25, 0.3) is 0 Å². The lowest BCUT2D eigenvalue weighted by molar-refractivity contribution is 0.111. The van der Waals surface area contributed by atoms with Gasteiger partial charge in [0.2, 0.25) is 0 Å². The first-order valence-electron chi connectivity index (χ1n) is 5.92. The molecule has 2 aliphatic rings. The van der Waals surface area contributed by atoms with Gasteiger partial charge in [-0.1, -0.05) is 12.1 Å². The van der Waals surface area contributed by atoms with E-state index < -0.39 is 0 Å². The minimum atomic E-state index is -0.121. The average Bonchev–Trinajstić information content (AvgIpc) is 2.95. The van der Waals surface area contributed by atoms with E-state index in [1.807, 2.05) is 6.07 Å². The number of likely N-dealkylation sites (N-methyl/N-ethyl adjacent to an activating group) is 1. The van der Waals surface area contributed by atoms with Crippen LogP contribution in [0.5, 0.6) is 0 Å². The van der Waals surface area contributed by atoms with Gasteiger partial charge in [0.15, 0.2) is 0 Å². The molecule has 2 fully saturated rings. The molecule has 1 saturated heterocycles. The van der Waals surface area contributed by atoms with Crippen molar-refractivity contribution in [3.05, 3.63) is 35.6 Å². The summed E-state index contributed by atoms with van der Waals surface area (Å²) >= 11 is 0. The maximum Gasteiger partial charge on any atom is 0.123 e. The Balaban J connectivity index is 1.87. The standard InChI is InChI=1S/C13H17FN2/c1-16(12-8-15-9-12)13(5-6-13)10-3-2-4-11(14)7-10/h2-4,7,12,15H,5-6,8-9H2,1H3. The molecule has 3 heteroatoms. The van der Waals surface area contributed by atoms with Crippen molar-refractivity contribution in [1.29, 1.82) is 0 Å². The summed E-state index contributed by atoms with van der Waals surface area (Å²) in [7, 11) is 2.17. The Hall–Kier alpha value is -0.930. The number of rotatable bonds is 3. The predicted molar refractivity (Wildman–Crippen MR) is 61.7 cm³/mol. The highest BCUT2D eigenvalue weighted by molar-refractivity contribution is 5.31. The number of halogens is 1. The van der Waals surface area contributed by atoms with Crippen LogP contribution in [0.1, 0.15) is 18.4 Å². The van der Waals surface area contributed by atoms with Crippen LogP contribution in [0.25, 0.3) is 0 Å². The van der Waals surface area contributed by atoms with Gasteiger partial charge < -0.3 is 5.32 Å². The van der Waals surface area contributed by atoms with Crippen LogP contribution < -0.4 is 5.32 Å². The van der Waals surface area contributed by atoms with E-state index >= 15 is 0 Å². The van der Waals surface area contributed by atoms with Crippen molar-refractivity contribution in [3.8, 4) is 0 Å². The zero-order valence-electron chi connectivity index (χ0n) is 9.54. The molecule has 1 saturated carbocycles. The molecule has 86 valence electrons. The molecule has 0 aromatic heterocycles. The third kappa shape index (κ3) is 1.46. The van der Waals surface area contributed by atoms with Crippen LogP contribution in [0.15, 0.2) is 24.3 Å². The van der Waals surface area contributed by atoms with Crippen molar-refractivity contribution >= 4 is 0 Å². The molecule has 2 nitrogen and oxygen atoms in total. The van der Waals surface area contributed by atoms with Crippen molar-refractivity contribution in [2.45, 2.75) is 24.4 Å². The van der Waals surface area contributed by atoms with E-state index in [9.17, 15) is 4.39 Å². The van der Waals surface area contributed by atoms with E-state index in [1.54, 1.807) is 6.07 Å². The van der Waals surface area contributed by atoms with Crippen molar-refractivity contribution in [2.75, 3.05) is 20.1 Å². The van der Waals surface area contributed by atoms with Gasteiger partial charge in [0.05, 0.1) is 0 Å². The smallest absolute Gasteiger partial charge is 0.123 e. The molecule has 16 heavy (non-hydrogen) atoms. The van der Waals surface area contributed by atoms with Gasteiger partial charge in [0, 0.05) is 24.7 Å². The van der Waals surface area contributed by atoms with Crippen LogP contribution in [-0.4, -0.2) is 31.1 Å². The Morgan fingerprint density at radius 3 is 2.62 bits per heavy atom. The van der Waals surface area contributed by atoms with Gasteiger partial charge in [-0.2, -0.15) is 0 Å². The van der Waals surface area contributed by atoms with Gasteiger partial charge in [-0.3, -0.25) is 4.90 Å². The second-order valence-electron chi connectivity index (χ2n) is 4.96. The summed E-state index contributed by atoms with van der Waals surface area (Å²) in [6.07, 6.45) is 2.31. The molecule has 1 aliphatic heterocycles. The number of nitrogens with zero attached hydrogens (tertiary/aromatic N) is 1. The van der Waals surface area contributed by atoms with Gasteiger partial charge in [-0.25, -0.2) is 4.39 Å². The van der Waals surface area contributed by atoms with Gasteiger partial charge >= 0.3 is 0 Å². The molecule has 0 spiro atoms. The maximum absolute atomic E-state index is 13.3.